The molecule has 1 aliphatic heterocycles. The van der Waals surface area contributed by atoms with Gasteiger partial charge in [-0.2, -0.15) is 14.4 Å². The largest absolute Gasteiger partial charge is 0.507 e. The summed E-state index contributed by atoms with van der Waals surface area (Å²) < 4.78 is 20.9. The van der Waals surface area contributed by atoms with Crippen LogP contribution < -0.4 is 5.32 Å². The van der Waals surface area contributed by atoms with Gasteiger partial charge in [-0.05, 0) is 12.5 Å². The van der Waals surface area contributed by atoms with Crippen LogP contribution in [0, 0.1) is 13.0 Å². The van der Waals surface area contributed by atoms with Crippen molar-refractivity contribution in [2.45, 2.75) is 26.1 Å². The molecule has 124 valence electrons. The Morgan fingerprint density at radius 2 is 2.25 bits per heavy atom. The molecular weight excluding hydrogens is 313 g/mol. The Bertz CT molecular complexity index is 907. The van der Waals surface area contributed by atoms with E-state index < -0.39 is 6.08 Å². The van der Waals surface area contributed by atoms with E-state index in [1.165, 1.54) is 0 Å². The fourth-order valence-corrected chi connectivity index (χ4v) is 2.71. The summed E-state index contributed by atoms with van der Waals surface area (Å²) >= 11 is 0. The lowest BCUT2D eigenvalue weighted by Crippen LogP contribution is -2.24. The van der Waals surface area contributed by atoms with Crippen LogP contribution in [0.3, 0.4) is 0 Å². The number of aromatic nitrogens is 4. The number of phenolic OH excluding ortho intramolecular Hbond substituents is 1. The van der Waals surface area contributed by atoms with Crippen LogP contribution in [-0.2, 0) is 11.3 Å². The third-order valence-corrected chi connectivity index (χ3v) is 4.15. The molecule has 2 N–H and O–H groups in total. The van der Waals surface area contributed by atoms with E-state index in [0.717, 1.165) is 12.0 Å². The zero-order valence-corrected chi connectivity index (χ0v) is 13.0. The van der Waals surface area contributed by atoms with Crippen LogP contribution in [0.25, 0.3) is 11.2 Å². The summed E-state index contributed by atoms with van der Waals surface area (Å²) in [6, 6.07) is 5.47. The number of nitrogens with one attached hydrogen (secondary N) is 1. The van der Waals surface area contributed by atoms with Crippen LogP contribution in [-0.4, -0.2) is 31.2 Å². The number of aromatic hydroxyl groups is 1. The third-order valence-electron chi connectivity index (χ3n) is 4.15. The molecule has 0 aliphatic carbocycles. The van der Waals surface area contributed by atoms with E-state index in [1.54, 1.807) is 17.0 Å². The lowest BCUT2D eigenvalue weighted by molar-refractivity contribution is -0.0974. The van der Waals surface area contributed by atoms with Crippen LogP contribution in [0.5, 0.6) is 5.75 Å². The normalized spacial score (nSPS) is 17.0. The second-order valence-corrected chi connectivity index (χ2v) is 5.72. The molecule has 0 saturated carbocycles. The first-order valence-electron chi connectivity index (χ1n) is 7.66. The van der Waals surface area contributed by atoms with Crippen molar-refractivity contribution in [2.24, 2.45) is 0 Å². The molecule has 1 saturated heterocycles. The molecule has 1 aromatic carbocycles. The predicted octanol–water partition coefficient (Wildman–Crippen LogP) is 2.51. The van der Waals surface area contributed by atoms with Crippen molar-refractivity contribution in [3.63, 3.8) is 0 Å². The minimum Gasteiger partial charge on any atom is -0.507 e. The molecule has 24 heavy (non-hydrogen) atoms. The van der Waals surface area contributed by atoms with Gasteiger partial charge in [0.2, 0.25) is 0 Å². The van der Waals surface area contributed by atoms with Gasteiger partial charge >= 0.3 is 6.08 Å². The molecule has 1 unspecified atom stereocenters. The van der Waals surface area contributed by atoms with Crippen LogP contribution >= 0.6 is 0 Å². The topological polar surface area (TPSA) is 85.1 Å². The Labute approximate surface area is 137 Å². The minimum atomic E-state index is -0.834. The smallest absolute Gasteiger partial charge is 0.312 e. The molecule has 3 aromatic rings. The number of ether oxygens (including phenoxy) is 1. The van der Waals surface area contributed by atoms with Gasteiger partial charge < -0.3 is 15.2 Å². The maximum Gasteiger partial charge on any atom is 0.312 e. The van der Waals surface area contributed by atoms with E-state index in [0.29, 0.717) is 29.9 Å². The van der Waals surface area contributed by atoms with Crippen LogP contribution in [0.2, 0.25) is 0 Å². The molecule has 1 fully saturated rings. The number of phenols is 1. The number of fused-ring (bicyclic) bond motifs is 1. The molecule has 2 aromatic heterocycles. The summed E-state index contributed by atoms with van der Waals surface area (Å²) in [5.41, 5.74) is 2.34. The summed E-state index contributed by atoms with van der Waals surface area (Å²) in [4.78, 5) is 11.9. The summed E-state index contributed by atoms with van der Waals surface area (Å²) in [6.07, 6.45) is 1.44. The van der Waals surface area contributed by atoms with Gasteiger partial charge in [0.25, 0.3) is 0 Å². The molecule has 1 atom stereocenters. The van der Waals surface area contributed by atoms with E-state index in [4.69, 9.17) is 4.74 Å². The van der Waals surface area contributed by atoms with Gasteiger partial charge in [0, 0.05) is 18.5 Å². The number of aryl methyl sites for hydroxylation is 1. The molecule has 0 radical (unpaired) electrons. The molecule has 0 amide bonds. The van der Waals surface area contributed by atoms with Gasteiger partial charge in [-0.15, -0.1) is 0 Å². The zero-order chi connectivity index (χ0) is 16.7. The maximum atomic E-state index is 13.8. The van der Waals surface area contributed by atoms with Gasteiger partial charge in [-0.3, -0.25) is 4.57 Å². The maximum absolute atomic E-state index is 13.8. The molecule has 8 heteroatoms. The van der Waals surface area contributed by atoms with E-state index in [-0.39, 0.29) is 17.8 Å². The van der Waals surface area contributed by atoms with Gasteiger partial charge in [0.05, 0.1) is 12.9 Å². The SMILES string of the molecule is Cc1cccc(CNc2nc(F)nc3c2ncn3C2CCO2)c1O. The van der Waals surface area contributed by atoms with Crippen LogP contribution in [0.1, 0.15) is 23.8 Å². The molecule has 4 rings (SSSR count). The number of rotatable bonds is 4. The number of para-hydroxylation sites is 1. The lowest BCUT2D eigenvalue weighted by atomic mass is 10.1. The number of nitrogens with zero attached hydrogens (tertiary/aromatic N) is 4. The molecule has 0 spiro atoms. The lowest BCUT2D eigenvalue weighted by Gasteiger charge is -2.27. The average molecular weight is 329 g/mol. The highest BCUT2D eigenvalue weighted by atomic mass is 19.1. The Balaban J connectivity index is 1.66. The fourth-order valence-electron chi connectivity index (χ4n) is 2.71. The Morgan fingerprint density at radius 3 is 3.00 bits per heavy atom. The Morgan fingerprint density at radius 1 is 1.42 bits per heavy atom. The molecule has 1 aliphatic rings. The number of hydrogen-bond donors (Lipinski definition) is 2. The van der Waals surface area contributed by atoms with E-state index in [9.17, 15) is 9.50 Å². The quantitative estimate of drug-likeness (QED) is 0.716. The highest BCUT2D eigenvalue weighted by Gasteiger charge is 2.24. The van der Waals surface area contributed by atoms with Crippen molar-refractivity contribution < 1.29 is 14.2 Å². The summed E-state index contributed by atoms with van der Waals surface area (Å²) in [5, 5.41) is 13.1. The predicted molar refractivity (Wildman–Crippen MR) is 85.1 cm³/mol. The van der Waals surface area contributed by atoms with Gasteiger partial charge in [0.1, 0.15) is 12.0 Å². The first kappa shape index (κ1) is 14.8. The van der Waals surface area contributed by atoms with E-state index >= 15 is 0 Å². The fraction of sp³-hybridized carbons (Fsp3) is 0.312. The zero-order valence-electron chi connectivity index (χ0n) is 13.0. The number of halogens is 1. The van der Waals surface area contributed by atoms with Crippen molar-refractivity contribution >= 4 is 17.0 Å². The van der Waals surface area contributed by atoms with Crippen molar-refractivity contribution in [3.05, 3.63) is 41.7 Å². The Hall–Kier alpha value is -2.74. The molecule has 3 heterocycles. The molecule has 0 bridgehead atoms. The van der Waals surface area contributed by atoms with Gasteiger partial charge in [0.15, 0.2) is 17.0 Å². The second kappa shape index (κ2) is 5.72. The minimum absolute atomic E-state index is 0.155. The molecule has 7 nitrogen and oxygen atoms in total. The number of imidazole rings is 1. The summed E-state index contributed by atoms with van der Waals surface area (Å²) in [6.45, 7) is 2.79. The van der Waals surface area contributed by atoms with Crippen LogP contribution in [0.15, 0.2) is 24.5 Å². The van der Waals surface area contributed by atoms with Crippen molar-refractivity contribution in [1.29, 1.82) is 0 Å². The van der Waals surface area contributed by atoms with E-state index in [1.807, 2.05) is 19.1 Å². The van der Waals surface area contributed by atoms with Gasteiger partial charge in [-0.1, -0.05) is 18.2 Å². The van der Waals surface area contributed by atoms with Crippen molar-refractivity contribution in [1.82, 2.24) is 19.5 Å². The summed E-state index contributed by atoms with van der Waals surface area (Å²) in [5.74, 6) is 0.501. The standard InChI is InChI=1S/C16H16FN5O2/c1-9-3-2-4-10(13(9)23)7-18-14-12-15(21-16(17)20-14)22(8-19-12)11-5-6-24-11/h2-4,8,11,23H,5-7H2,1H3,(H,18,20,21). The second-order valence-electron chi connectivity index (χ2n) is 5.72. The van der Waals surface area contributed by atoms with Crippen molar-refractivity contribution in [2.75, 3.05) is 11.9 Å². The van der Waals surface area contributed by atoms with Gasteiger partial charge in [-0.25, -0.2) is 4.98 Å². The highest BCUT2D eigenvalue weighted by molar-refractivity contribution is 5.82. The first-order valence-corrected chi connectivity index (χ1v) is 7.66. The monoisotopic (exact) mass is 329 g/mol. The van der Waals surface area contributed by atoms with Crippen molar-refractivity contribution in [3.8, 4) is 5.75 Å². The Kier molecular flexibility index (Phi) is 3.53. The number of benzene rings is 1. The highest BCUT2D eigenvalue weighted by Crippen LogP contribution is 2.29. The third kappa shape index (κ3) is 2.44. The average Bonchev–Trinajstić information content (AvgIpc) is 2.90. The number of anilines is 1. The molecular formula is C16H16FN5O2. The van der Waals surface area contributed by atoms with E-state index in [2.05, 4.69) is 20.3 Å². The number of hydrogen-bond acceptors (Lipinski definition) is 6. The summed E-state index contributed by atoms with van der Waals surface area (Å²) in [7, 11) is 0. The first-order chi connectivity index (χ1) is 11.6. The van der Waals surface area contributed by atoms with Crippen LogP contribution in [0.4, 0.5) is 10.2 Å².